The average molecular weight is 265 g/mol. The van der Waals surface area contributed by atoms with Gasteiger partial charge in [0.1, 0.15) is 12.7 Å². The van der Waals surface area contributed by atoms with Gasteiger partial charge in [0.05, 0.1) is 24.5 Å². The van der Waals surface area contributed by atoms with Gasteiger partial charge in [-0.15, -0.1) is 0 Å². The van der Waals surface area contributed by atoms with E-state index < -0.39 is 6.10 Å². The Hall–Kier alpha value is -1.40. The van der Waals surface area contributed by atoms with Crippen LogP contribution in [0.5, 0.6) is 0 Å². The molecule has 104 valence electrons. The topological polar surface area (TPSA) is 67.6 Å². The number of nitrogens with zero attached hydrogens (tertiary/aromatic N) is 3. The molecule has 1 fully saturated rings. The van der Waals surface area contributed by atoms with Crippen molar-refractivity contribution in [2.45, 2.75) is 32.0 Å². The monoisotopic (exact) mass is 265 g/mol. The van der Waals surface area contributed by atoms with E-state index in [2.05, 4.69) is 5.10 Å². The Balaban J connectivity index is 1.72. The first-order valence-corrected chi connectivity index (χ1v) is 6.70. The van der Waals surface area contributed by atoms with Gasteiger partial charge in [-0.2, -0.15) is 5.10 Å². The molecule has 1 aromatic heterocycles. The summed E-state index contributed by atoms with van der Waals surface area (Å²) in [5.74, 6) is 0.377. The number of fused-ring (bicyclic) bond motifs is 1. The van der Waals surface area contributed by atoms with Crippen LogP contribution in [0.1, 0.15) is 30.3 Å². The van der Waals surface area contributed by atoms with Crippen LogP contribution in [0.4, 0.5) is 0 Å². The minimum Gasteiger partial charge on any atom is -0.386 e. The zero-order valence-electron chi connectivity index (χ0n) is 11.1. The van der Waals surface area contributed by atoms with Crippen molar-refractivity contribution in [2.75, 3.05) is 20.3 Å². The Morgan fingerprint density at radius 1 is 1.58 bits per heavy atom. The molecule has 1 amide bonds. The number of aliphatic hydroxyl groups is 1. The molecule has 1 unspecified atom stereocenters. The minimum atomic E-state index is -0.443. The molecule has 2 heterocycles. The highest BCUT2D eigenvalue weighted by Gasteiger charge is 2.33. The molecule has 1 aromatic rings. The molecule has 1 aliphatic carbocycles. The van der Waals surface area contributed by atoms with Gasteiger partial charge in [0.15, 0.2) is 0 Å². The lowest BCUT2D eigenvalue weighted by Crippen LogP contribution is -2.40. The predicted molar refractivity (Wildman–Crippen MR) is 67.2 cm³/mol. The number of rotatable bonds is 4. The highest BCUT2D eigenvalue weighted by molar-refractivity contribution is 5.77. The molecule has 1 N–H and O–H groups in total. The van der Waals surface area contributed by atoms with Crippen LogP contribution in [0.2, 0.25) is 0 Å². The zero-order chi connectivity index (χ0) is 13.4. The van der Waals surface area contributed by atoms with Gasteiger partial charge in [-0.1, -0.05) is 0 Å². The van der Waals surface area contributed by atoms with Gasteiger partial charge in [0.25, 0.3) is 0 Å². The van der Waals surface area contributed by atoms with E-state index in [0.717, 1.165) is 24.2 Å². The second-order valence-electron chi connectivity index (χ2n) is 5.31. The molecule has 1 atom stereocenters. The molecule has 0 radical (unpaired) electrons. The number of hydrogen-bond donors (Lipinski definition) is 1. The fourth-order valence-electron chi connectivity index (χ4n) is 2.51. The molecular formula is C13H19N3O3. The summed E-state index contributed by atoms with van der Waals surface area (Å²) >= 11 is 0. The standard InChI is InChI=1S/C13H19N3O3/c1-19-8-12(17)15-4-5-16-10(7-15)6-11(14-16)13(18)9-2-3-9/h6,9,13,18H,2-5,7-8H2,1H3. The lowest BCUT2D eigenvalue weighted by molar-refractivity contribution is -0.136. The maximum absolute atomic E-state index is 11.8. The van der Waals surface area contributed by atoms with E-state index in [9.17, 15) is 9.90 Å². The van der Waals surface area contributed by atoms with Gasteiger partial charge >= 0.3 is 0 Å². The smallest absolute Gasteiger partial charge is 0.248 e. The summed E-state index contributed by atoms with van der Waals surface area (Å²) in [6, 6.07) is 1.93. The molecule has 1 aliphatic heterocycles. The van der Waals surface area contributed by atoms with Crippen molar-refractivity contribution < 1.29 is 14.6 Å². The van der Waals surface area contributed by atoms with E-state index in [-0.39, 0.29) is 12.5 Å². The number of hydrogen-bond acceptors (Lipinski definition) is 4. The lowest BCUT2D eigenvalue weighted by Gasteiger charge is -2.27. The van der Waals surface area contributed by atoms with E-state index in [4.69, 9.17) is 4.74 Å². The maximum Gasteiger partial charge on any atom is 0.248 e. The Labute approximate surface area is 112 Å². The van der Waals surface area contributed by atoms with Gasteiger partial charge < -0.3 is 14.7 Å². The number of methoxy groups -OCH3 is 1. The largest absolute Gasteiger partial charge is 0.386 e. The predicted octanol–water partition coefficient (Wildman–Crippen LogP) is 0.315. The van der Waals surface area contributed by atoms with Crippen LogP contribution in [0.15, 0.2) is 6.07 Å². The van der Waals surface area contributed by atoms with Gasteiger partial charge in [-0.3, -0.25) is 9.48 Å². The van der Waals surface area contributed by atoms with Gasteiger partial charge in [0.2, 0.25) is 5.91 Å². The molecule has 19 heavy (non-hydrogen) atoms. The molecule has 0 aromatic carbocycles. The van der Waals surface area contributed by atoms with Crippen LogP contribution >= 0.6 is 0 Å². The summed E-state index contributed by atoms with van der Waals surface area (Å²) in [5.41, 5.74) is 1.74. The number of ether oxygens (including phenoxy) is 1. The van der Waals surface area contributed by atoms with Crippen molar-refractivity contribution in [3.8, 4) is 0 Å². The lowest BCUT2D eigenvalue weighted by atomic mass is 10.1. The van der Waals surface area contributed by atoms with Crippen LogP contribution in [-0.4, -0.2) is 46.0 Å². The highest BCUT2D eigenvalue weighted by atomic mass is 16.5. The van der Waals surface area contributed by atoms with Crippen molar-refractivity contribution in [1.82, 2.24) is 14.7 Å². The number of aliphatic hydroxyl groups excluding tert-OH is 1. The number of aromatic nitrogens is 2. The first kappa shape index (κ1) is 12.6. The third-order valence-electron chi connectivity index (χ3n) is 3.81. The van der Waals surface area contributed by atoms with Crippen molar-refractivity contribution in [1.29, 1.82) is 0 Å². The summed E-state index contributed by atoms with van der Waals surface area (Å²) < 4.78 is 6.77. The summed E-state index contributed by atoms with van der Waals surface area (Å²) in [4.78, 5) is 13.6. The molecule has 0 saturated heterocycles. The first-order valence-electron chi connectivity index (χ1n) is 6.70. The second-order valence-corrected chi connectivity index (χ2v) is 5.31. The minimum absolute atomic E-state index is 0.000702. The summed E-state index contributed by atoms with van der Waals surface area (Å²) in [7, 11) is 1.52. The molecular weight excluding hydrogens is 246 g/mol. The number of carbonyl (C=O) groups is 1. The maximum atomic E-state index is 11.8. The van der Waals surface area contributed by atoms with E-state index >= 15 is 0 Å². The van der Waals surface area contributed by atoms with E-state index in [1.807, 2.05) is 10.7 Å². The Morgan fingerprint density at radius 3 is 3.05 bits per heavy atom. The molecule has 6 heteroatoms. The van der Waals surface area contributed by atoms with Gasteiger partial charge in [0, 0.05) is 13.7 Å². The normalized spacial score (nSPS) is 20.2. The molecule has 1 saturated carbocycles. The second kappa shape index (κ2) is 4.94. The summed E-state index contributed by atoms with van der Waals surface area (Å²) in [6.07, 6.45) is 1.73. The Morgan fingerprint density at radius 2 is 2.37 bits per heavy atom. The van der Waals surface area contributed by atoms with E-state index in [1.165, 1.54) is 7.11 Å². The SMILES string of the molecule is COCC(=O)N1CCn2nc(C(O)C3CC3)cc2C1. The van der Waals surface area contributed by atoms with Crippen molar-refractivity contribution in [3.05, 3.63) is 17.5 Å². The van der Waals surface area contributed by atoms with E-state index in [0.29, 0.717) is 25.6 Å². The molecule has 0 bridgehead atoms. The third kappa shape index (κ3) is 2.50. The summed E-state index contributed by atoms with van der Waals surface area (Å²) in [6.45, 7) is 2.00. The van der Waals surface area contributed by atoms with Crippen molar-refractivity contribution in [3.63, 3.8) is 0 Å². The van der Waals surface area contributed by atoms with E-state index in [1.54, 1.807) is 4.90 Å². The van der Waals surface area contributed by atoms with Crippen LogP contribution in [0, 0.1) is 5.92 Å². The van der Waals surface area contributed by atoms with Crippen LogP contribution in [-0.2, 0) is 22.6 Å². The average Bonchev–Trinajstić information content (AvgIpc) is 3.16. The van der Waals surface area contributed by atoms with Gasteiger partial charge in [-0.25, -0.2) is 0 Å². The van der Waals surface area contributed by atoms with Crippen LogP contribution in [0.25, 0.3) is 0 Å². The third-order valence-corrected chi connectivity index (χ3v) is 3.81. The van der Waals surface area contributed by atoms with Crippen molar-refractivity contribution >= 4 is 5.91 Å². The fraction of sp³-hybridized carbons (Fsp3) is 0.692. The Bertz CT molecular complexity index is 481. The van der Waals surface area contributed by atoms with Crippen LogP contribution < -0.4 is 0 Å². The molecule has 2 aliphatic rings. The Kier molecular flexibility index (Phi) is 3.28. The van der Waals surface area contributed by atoms with Crippen LogP contribution in [0.3, 0.4) is 0 Å². The number of amides is 1. The summed E-state index contributed by atoms with van der Waals surface area (Å²) in [5, 5.41) is 14.5. The number of carbonyl (C=O) groups excluding carboxylic acids is 1. The highest BCUT2D eigenvalue weighted by Crippen LogP contribution is 2.40. The fourth-order valence-corrected chi connectivity index (χ4v) is 2.51. The molecule has 3 rings (SSSR count). The molecule has 6 nitrogen and oxygen atoms in total. The zero-order valence-corrected chi connectivity index (χ0v) is 11.1. The molecule has 0 spiro atoms. The first-order chi connectivity index (χ1) is 9.19. The van der Waals surface area contributed by atoms with Crippen molar-refractivity contribution in [2.24, 2.45) is 5.92 Å². The van der Waals surface area contributed by atoms with Gasteiger partial charge in [-0.05, 0) is 24.8 Å². The quantitative estimate of drug-likeness (QED) is 0.851.